The number of hydrogen-bond donors (Lipinski definition) is 1. The minimum atomic E-state index is -0.237. The van der Waals surface area contributed by atoms with Gasteiger partial charge in [0.2, 0.25) is 0 Å². The Morgan fingerprint density at radius 3 is 2.90 bits per heavy atom. The average molecular weight is 292 g/mol. The summed E-state index contributed by atoms with van der Waals surface area (Å²) >= 11 is 0. The van der Waals surface area contributed by atoms with Gasteiger partial charge in [0.05, 0.1) is 6.61 Å². The van der Waals surface area contributed by atoms with Crippen molar-refractivity contribution in [3.63, 3.8) is 0 Å². The molecule has 0 spiro atoms. The number of carbonyl (C=O) groups is 1. The zero-order chi connectivity index (χ0) is 15.1. The number of amides is 1. The summed E-state index contributed by atoms with van der Waals surface area (Å²) in [5.74, 6) is 0. The molecule has 1 unspecified atom stereocenters. The third kappa shape index (κ3) is 4.72. The fraction of sp³-hybridized carbons (Fsp3) is 0.562. The molecule has 0 aliphatic carbocycles. The van der Waals surface area contributed by atoms with Crippen LogP contribution >= 0.6 is 0 Å². The van der Waals surface area contributed by atoms with Gasteiger partial charge in [-0.05, 0) is 25.5 Å². The molecule has 1 aliphatic rings. The van der Waals surface area contributed by atoms with E-state index in [0.717, 1.165) is 31.5 Å². The molecule has 1 atom stereocenters. The van der Waals surface area contributed by atoms with Crippen LogP contribution in [0.2, 0.25) is 0 Å². The smallest absolute Gasteiger partial charge is 0.410 e. The topological polar surface area (TPSA) is 53.0 Å². The highest BCUT2D eigenvalue weighted by Gasteiger charge is 2.30. The highest BCUT2D eigenvalue weighted by atomic mass is 16.6. The number of nitrogens with zero attached hydrogens (tertiary/aromatic N) is 2. The van der Waals surface area contributed by atoms with Crippen LogP contribution in [0.25, 0.3) is 0 Å². The first-order chi connectivity index (χ1) is 10.2. The maximum atomic E-state index is 12.2. The van der Waals surface area contributed by atoms with Crippen molar-refractivity contribution in [3.05, 3.63) is 35.9 Å². The molecule has 2 rings (SSSR count). The molecule has 1 fully saturated rings. The van der Waals surface area contributed by atoms with E-state index in [1.165, 1.54) is 0 Å². The van der Waals surface area contributed by atoms with Crippen LogP contribution in [-0.2, 0) is 11.3 Å². The summed E-state index contributed by atoms with van der Waals surface area (Å²) < 4.78 is 5.40. The van der Waals surface area contributed by atoms with E-state index in [1.54, 1.807) is 0 Å². The van der Waals surface area contributed by atoms with Gasteiger partial charge in [0.1, 0.15) is 6.61 Å². The number of aliphatic hydroxyl groups excluding tert-OH is 1. The van der Waals surface area contributed by atoms with E-state index in [1.807, 2.05) is 47.2 Å². The van der Waals surface area contributed by atoms with Crippen molar-refractivity contribution in [2.24, 2.45) is 0 Å². The molecule has 0 bridgehead atoms. The van der Waals surface area contributed by atoms with Crippen molar-refractivity contribution in [2.45, 2.75) is 25.5 Å². The van der Waals surface area contributed by atoms with Gasteiger partial charge in [-0.25, -0.2) is 4.79 Å². The van der Waals surface area contributed by atoms with Crippen LogP contribution in [0.3, 0.4) is 0 Å². The van der Waals surface area contributed by atoms with Gasteiger partial charge in [0, 0.05) is 25.7 Å². The fourth-order valence-corrected chi connectivity index (χ4v) is 2.69. The van der Waals surface area contributed by atoms with Crippen LogP contribution in [0.4, 0.5) is 4.79 Å². The second kappa shape index (κ2) is 8.00. The molecule has 1 amide bonds. The monoisotopic (exact) mass is 292 g/mol. The van der Waals surface area contributed by atoms with Crippen molar-refractivity contribution in [2.75, 3.05) is 33.3 Å². The lowest BCUT2D eigenvalue weighted by Gasteiger charge is -2.27. The molecule has 0 radical (unpaired) electrons. The summed E-state index contributed by atoms with van der Waals surface area (Å²) in [7, 11) is 1.96. The third-order valence-electron chi connectivity index (χ3n) is 3.82. The quantitative estimate of drug-likeness (QED) is 0.867. The normalized spacial score (nSPS) is 18.2. The molecular weight excluding hydrogens is 268 g/mol. The molecule has 116 valence electrons. The van der Waals surface area contributed by atoms with Gasteiger partial charge in [0.15, 0.2) is 0 Å². The zero-order valence-electron chi connectivity index (χ0n) is 12.6. The lowest BCUT2D eigenvalue weighted by molar-refractivity contribution is 0.0846. The predicted octanol–water partition coefficient (Wildman–Crippen LogP) is 1.71. The maximum Gasteiger partial charge on any atom is 0.410 e. The van der Waals surface area contributed by atoms with Crippen molar-refractivity contribution in [1.82, 2.24) is 9.80 Å². The molecule has 1 aromatic rings. The van der Waals surface area contributed by atoms with Gasteiger partial charge >= 0.3 is 6.09 Å². The van der Waals surface area contributed by atoms with Gasteiger partial charge in [0.25, 0.3) is 0 Å². The van der Waals surface area contributed by atoms with E-state index in [9.17, 15) is 4.79 Å². The number of hydrogen-bond acceptors (Lipinski definition) is 4. The number of carbonyl (C=O) groups excluding carboxylic acids is 1. The first kappa shape index (κ1) is 15.8. The molecule has 5 heteroatoms. The second-order valence-electron chi connectivity index (χ2n) is 5.52. The molecule has 1 aromatic carbocycles. The van der Waals surface area contributed by atoms with Crippen LogP contribution < -0.4 is 0 Å². The molecular formula is C16H24N2O3. The number of likely N-dealkylation sites (N-methyl/N-ethyl adjacent to an activating group) is 1. The first-order valence-corrected chi connectivity index (χ1v) is 7.47. The van der Waals surface area contributed by atoms with Crippen molar-refractivity contribution >= 4 is 6.09 Å². The highest BCUT2D eigenvalue weighted by Crippen LogP contribution is 2.19. The second-order valence-corrected chi connectivity index (χ2v) is 5.52. The Bertz CT molecular complexity index is 438. The summed E-state index contributed by atoms with van der Waals surface area (Å²) in [5.41, 5.74) is 0.999. The summed E-state index contributed by atoms with van der Waals surface area (Å²) in [4.78, 5) is 16.1. The van der Waals surface area contributed by atoms with E-state index in [2.05, 4.69) is 0 Å². The van der Waals surface area contributed by atoms with Gasteiger partial charge in [-0.3, -0.25) is 0 Å². The summed E-state index contributed by atoms with van der Waals surface area (Å²) in [6.45, 7) is 2.62. The summed E-state index contributed by atoms with van der Waals surface area (Å²) in [6.07, 6.45) is 1.77. The van der Waals surface area contributed by atoms with Crippen LogP contribution in [0.15, 0.2) is 30.3 Å². The molecule has 5 nitrogen and oxygen atoms in total. The van der Waals surface area contributed by atoms with Crippen LogP contribution in [0.5, 0.6) is 0 Å². The predicted molar refractivity (Wildman–Crippen MR) is 80.9 cm³/mol. The maximum absolute atomic E-state index is 12.2. The summed E-state index contributed by atoms with van der Waals surface area (Å²) in [6, 6.07) is 9.90. The van der Waals surface area contributed by atoms with Gasteiger partial charge in [-0.15, -0.1) is 0 Å². The minimum absolute atomic E-state index is 0.141. The van der Waals surface area contributed by atoms with E-state index < -0.39 is 0 Å². The summed E-state index contributed by atoms with van der Waals surface area (Å²) in [5, 5.41) is 8.95. The number of ether oxygens (including phenoxy) is 1. The molecule has 1 N–H and O–H groups in total. The fourth-order valence-electron chi connectivity index (χ4n) is 2.69. The Labute approximate surface area is 126 Å². The number of aliphatic hydroxyl groups is 1. The van der Waals surface area contributed by atoms with E-state index in [-0.39, 0.29) is 18.7 Å². The average Bonchev–Trinajstić information content (AvgIpc) is 2.94. The molecule has 1 aliphatic heterocycles. The van der Waals surface area contributed by atoms with Crippen molar-refractivity contribution < 1.29 is 14.6 Å². The standard InChI is InChI=1S/C16H24N2O3/c1-17(10-11-19)12-15-8-5-9-18(15)16(20)21-13-14-6-3-2-4-7-14/h2-4,6-7,15,19H,5,8-13H2,1H3. The van der Waals surface area contributed by atoms with Crippen LogP contribution in [-0.4, -0.2) is 60.3 Å². The molecule has 0 aromatic heterocycles. The number of benzene rings is 1. The van der Waals surface area contributed by atoms with Crippen molar-refractivity contribution in [3.8, 4) is 0 Å². The largest absolute Gasteiger partial charge is 0.445 e. The van der Waals surface area contributed by atoms with Crippen LogP contribution in [0.1, 0.15) is 18.4 Å². The lowest BCUT2D eigenvalue weighted by Crippen LogP contribution is -2.43. The first-order valence-electron chi connectivity index (χ1n) is 7.47. The molecule has 21 heavy (non-hydrogen) atoms. The van der Waals surface area contributed by atoms with E-state index in [0.29, 0.717) is 13.2 Å². The Morgan fingerprint density at radius 2 is 2.19 bits per heavy atom. The number of rotatable bonds is 6. The zero-order valence-corrected chi connectivity index (χ0v) is 12.6. The molecule has 0 saturated carbocycles. The van der Waals surface area contributed by atoms with Gasteiger partial charge in [-0.1, -0.05) is 30.3 Å². The minimum Gasteiger partial charge on any atom is -0.445 e. The van der Waals surface area contributed by atoms with Gasteiger partial charge in [-0.2, -0.15) is 0 Å². The van der Waals surface area contributed by atoms with Crippen molar-refractivity contribution in [1.29, 1.82) is 0 Å². The SMILES string of the molecule is CN(CCO)CC1CCCN1C(=O)OCc1ccccc1. The Hall–Kier alpha value is -1.59. The molecule has 1 saturated heterocycles. The Balaban J connectivity index is 1.83. The van der Waals surface area contributed by atoms with E-state index in [4.69, 9.17) is 9.84 Å². The highest BCUT2D eigenvalue weighted by molar-refractivity contribution is 5.68. The van der Waals surface area contributed by atoms with Gasteiger partial charge < -0.3 is 19.6 Å². The van der Waals surface area contributed by atoms with E-state index >= 15 is 0 Å². The Kier molecular flexibility index (Phi) is 6.02. The third-order valence-corrected chi connectivity index (χ3v) is 3.82. The lowest BCUT2D eigenvalue weighted by atomic mass is 10.2. The molecule has 1 heterocycles. The number of likely N-dealkylation sites (tertiary alicyclic amines) is 1. The van der Waals surface area contributed by atoms with Crippen LogP contribution in [0, 0.1) is 0 Å². The Morgan fingerprint density at radius 1 is 1.43 bits per heavy atom.